The van der Waals surface area contributed by atoms with Crippen molar-refractivity contribution in [3.8, 4) is 0 Å². The van der Waals surface area contributed by atoms with Crippen molar-refractivity contribution in [2.75, 3.05) is 12.4 Å². The number of hydrogen-bond acceptors (Lipinski definition) is 3. The summed E-state index contributed by atoms with van der Waals surface area (Å²) in [5.41, 5.74) is 1.73. The number of esters is 1. The second-order valence-electron chi connectivity index (χ2n) is 4.71. The highest BCUT2D eigenvalue weighted by atomic mass is 16.5. The molecule has 104 valence electrons. The Morgan fingerprint density at radius 3 is 2.47 bits per heavy atom. The fraction of sp³-hybridized carbons (Fsp3) is 0.429. The average Bonchev–Trinajstić information content (AvgIpc) is 2.34. The smallest absolute Gasteiger partial charge is 0.328 e. The van der Waals surface area contributed by atoms with Crippen molar-refractivity contribution < 1.29 is 14.3 Å². The molecular formula is C14H20N2O3. The highest BCUT2D eigenvalue weighted by Crippen LogP contribution is 2.10. The summed E-state index contributed by atoms with van der Waals surface area (Å²) in [5.74, 6) is -0.495. The first kappa shape index (κ1) is 15.0. The van der Waals surface area contributed by atoms with E-state index in [1.54, 1.807) is 6.07 Å². The summed E-state index contributed by atoms with van der Waals surface area (Å²) in [7, 11) is 1.30. The maximum atomic E-state index is 11.8. The SMILES string of the molecule is COC(=O)[C@H](NC(=O)Nc1cccc(C)c1)C(C)C. The summed E-state index contributed by atoms with van der Waals surface area (Å²) < 4.78 is 4.66. The summed E-state index contributed by atoms with van der Waals surface area (Å²) in [5, 5.41) is 5.30. The van der Waals surface area contributed by atoms with Gasteiger partial charge in [0, 0.05) is 5.69 Å². The van der Waals surface area contributed by atoms with E-state index in [1.165, 1.54) is 7.11 Å². The Morgan fingerprint density at radius 1 is 1.26 bits per heavy atom. The number of anilines is 1. The van der Waals surface area contributed by atoms with Crippen LogP contribution in [0, 0.1) is 12.8 Å². The molecule has 1 aromatic rings. The van der Waals surface area contributed by atoms with Crippen molar-refractivity contribution in [1.82, 2.24) is 5.32 Å². The average molecular weight is 264 g/mol. The van der Waals surface area contributed by atoms with E-state index in [1.807, 2.05) is 39.0 Å². The van der Waals surface area contributed by atoms with Gasteiger partial charge in [-0.25, -0.2) is 9.59 Å². The van der Waals surface area contributed by atoms with Gasteiger partial charge in [0.05, 0.1) is 7.11 Å². The first-order valence-corrected chi connectivity index (χ1v) is 6.16. The normalized spacial score (nSPS) is 11.8. The van der Waals surface area contributed by atoms with Crippen molar-refractivity contribution >= 4 is 17.7 Å². The second-order valence-corrected chi connectivity index (χ2v) is 4.71. The zero-order chi connectivity index (χ0) is 14.4. The molecule has 0 fully saturated rings. The molecule has 0 aromatic heterocycles. The minimum absolute atomic E-state index is 0.0456. The number of carbonyl (C=O) groups excluding carboxylic acids is 2. The van der Waals surface area contributed by atoms with Crippen molar-refractivity contribution in [3.63, 3.8) is 0 Å². The predicted molar refractivity (Wildman–Crippen MR) is 74.0 cm³/mol. The van der Waals surface area contributed by atoms with Crippen LogP contribution in [0.4, 0.5) is 10.5 Å². The maximum absolute atomic E-state index is 11.8. The predicted octanol–water partition coefficient (Wildman–Crippen LogP) is 2.31. The number of methoxy groups -OCH3 is 1. The van der Waals surface area contributed by atoms with E-state index in [-0.39, 0.29) is 5.92 Å². The molecule has 0 heterocycles. The third kappa shape index (κ3) is 4.62. The summed E-state index contributed by atoms with van der Waals surface area (Å²) in [6.07, 6.45) is 0. The third-order valence-electron chi connectivity index (χ3n) is 2.68. The molecule has 2 amide bonds. The van der Waals surface area contributed by atoms with E-state index >= 15 is 0 Å². The number of amides is 2. The van der Waals surface area contributed by atoms with Crippen LogP contribution in [0.5, 0.6) is 0 Å². The number of urea groups is 1. The summed E-state index contributed by atoms with van der Waals surface area (Å²) in [6, 6.07) is 6.35. The van der Waals surface area contributed by atoms with Crippen LogP contribution in [-0.4, -0.2) is 25.2 Å². The molecule has 0 aliphatic carbocycles. The topological polar surface area (TPSA) is 67.4 Å². The lowest BCUT2D eigenvalue weighted by Gasteiger charge is -2.20. The van der Waals surface area contributed by atoms with Crippen LogP contribution >= 0.6 is 0 Å². The van der Waals surface area contributed by atoms with Crippen molar-refractivity contribution in [3.05, 3.63) is 29.8 Å². The highest BCUT2D eigenvalue weighted by Gasteiger charge is 2.24. The monoisotopic (exact) mass is 264 g/mol. The van der Waals surface area contributed by atoms with Crippen molar-refractivity contribution in [1.29, 1.82) is 0 Å². The molecule has 0 radical (unpaired) electrons. The lowest BCUT2D eigenvalue weighted by Crippen LogP contribution is -2.46. The molecule has 1 atom stereocenters. The fourth-order valence-corrected chi connectivity index (χ4v) is 1.66. The van der Waals surface area contributed by atoms with Gasteiger partial charge in [-0.1, -0.05) is 26.0 Å². The number of aryl methyl sites for hydroxylation is 1. The quantitative estimate of drug-likeness (QED) is 0.820. The minimum atomic E-state index is -0.658. The Kier molecular flexibility index (Phi) is 5.36. The van der Waals surface area contributed by atoms with Crippen LogP contribution in [0.25, 0.3) is 0 Å². The lowest BCUT2D eigenvalue weighted by molar-refractivity contribution is -0.143. The number of ether oxygens (including phenoxy) is 1. The minimum Gasteiger partial charge on any atom is -0.467 e. The third-order valence-corrected chi connectivity index (χ3v) is 2.68. The zero-order valence-corrected chi connectivity index (χ0v) is 11.7. The van der Waals surface area contributed by atoms with Gasteiger partial charge < -0.3 is 15.4 Å². The molecule has 0 aliphatic heterocycles. The van der Waals surface area contributed by atoms with E-state index in [0.29, 0.717) is 5.69 Å². The molecule has 0 bridgehead atoms. The molecule has 0 saturated heterocycles. The molecular weight excluding hydrogens is 244 g/mol. The molecule has 19 heavy (non-hydrogen) atoms. The van der Waals surface area contributed by atoms with E-state index in [0.717, 1.165) is 5.56 Å². The number of rotatable bonds is 4. The second kappa shape index (κ2) is 6.78. The van der Waals surface area contributed by atoms with E-state index in [2.05, 4.69) is 15.4 Å². The van der Waals surface area contributed by atoms with Crippen LogP contribution in [0.2, 0.25) is 0 Å². The highest BCUT2D eigenvalue weighted by molar-refractivity contribution is 5.92. The Morgan fingerprint density at radius 2 is 1.95 bits per heavy atom. The standard InChI is InChI=1S/C14H20N2O3/c1-9(2)12(13(17)19-4)16-14(18)15-11-7-5-6-10(3)8-11/h5-9,12H,1-4H3,(H2,15,16,18)/t12-/m1/s1. The van der Waals surface area contributed by atoms with Crippen LogP contribution in [0.1, 0.15) is 19.4 Å². The first-order valence-electron chi connectivity index (χ1n) is 6.16. The van der Waals surface area contributed by atoms with E-state index < -0.39 is 18.0 Å². The number of hydrogen-bond donors (Lipinski definition) is 2. The summed E-state index contributed by atoms with van der Waals surface area (Å²) >= 11 is 0. The molecule has 0 aliphatic rings. The van der Waals surface area contributed by atoms with Crippen LogP contribution in [0.15, 0.2) is 24.3 Å². The van der Waals surface area contributed by atoms with Gasteiger partial charge in [0.15, 0.2) is 0 Å². The fourth-order valence-electron chi connectivity index (χ4n) is 1.66. The van der Waals surface area contributed by atoms with Crippen LogP contribution in [0.3, 0.4) is 0 Å². The van der Waals surface area contributed by atoms with Crippen molar-refractivity contribution in [2.24, 2.45) is 5.92 Å². The van der Waals surface area contributed by atoms with Gasteiger partial charge in [0.25, 0.3) is 0 Å². The zero-order valence-electron chi connectivity index (χ0n) is 11.7. The molecule has 5 heteroatoms. The maximum Gasteiger partial charge on any atom is 0.328 e. The molecule has 0 spiro atoms. The van der Waals surface area contributed by atoms with E-state index in [4.69, 9.17) is 0 Å². The van der Waals surface area contributed by atoms with Gasteiger partial charge >= 0.3 is 12.0 Å². The summed E-state index contributed by atoms with van der Waals surface area (Å²) in [4.78, 5) is 23.4. The van der Waals surface area contributed by atoms with Gasteiger partial charge in [-0.05, 0) is 30.5 Å². The van der Waals surface area contributed by atoms with Gasteiger partial charge in [-0.15, -0.1) is 0 Å². The van der Waals surface area contributed by atoms with Crippen molar-refractivity contribution in [2.45, 2.75) is 26.8 Å². The number of carbonyl (C=O) groups is 2. The molecule has 1 aromatic carbocycles. The van der Waals surface area contributed by atoms with Gasteiger partial charge in [0.1, 0.15) is 6.04 Å². The summed E-state index contributed by atoms with van der Waals surface area (Å²) in [6.45, 7) is 5.62. The van der Waals surface area contributed by atoms with E-state index in [9.17, 15) is 9.59 Å². The van der Waals surface area contributed by atoms with Gasteiger partial charge in [-0.2, -0.15) is 0 Å². The first-order chi connectivity index (χ1) is 8.93. The molecule has 0 saturated carbocycles. The molecule has 2 N–H and O–H groups in total. The van der Waals surface area contributed by atoms with Crippen LogP contribution in [-0.2, 0) is 9.53 Å². The Balaban J connectivity index is 2.65. The Hall–Kier alpha value is -2.04. The molecule has 0 unspecified atom stereocenters. The molecule has 5 nitrogen and oxygen atoms in total. The van der Waals surface area contributed by atoms with Gasteiger partial charge in [0.2, 0.25) is 0 Å². The largest absolute Gasteiger partial charge is 0.467 e. The van der Waals surface area contributed by atoms with Gasteiger partial charge in [-0.3, -0.25) is 0 Å². The number of nitrogens with one attached hydrogen (secondary N) is 2. The lowest BCUT2D eigenvalue weighted by atomic mass is 10.1. The molecule has 1 rings (SSSR count). The van der Waals surface area contributed by atoms with Crippen LogP contribution < -0.4 is 10.6 Å². The Labute approximate surface area is 113 Å². The number of benzene rings is 1. The Bertz CT molecular complexity index is 458.